The molecule has 20 heteroatoms. The molecule has 2 heterocycles. The Kier molecular flexibility index (Phi) is 15.9. The number of aliphatic hydroxyl groups is 7. The molecule has 18 nitrogen and oxygen atoms in total. The molecule has 1 aromatic heterocycles. The summed E-state index contributed by atoms with van der Waals surface area (Å²) < 4.78 is 28.7. The molecule has 1 fully saturated rings. The lowest BCUT2D eigenvalue weighted by atomic mass is 10.0. The molecule has 2 rings (SSSR count). The molecule has 10 N–H and O–H groups in total. The van der Waals surface area contributed by atoms with Crippen LogP contribution in [0, 0.1) is 6.92 Å². The maximum Gasteiger partial charge on any atom is 0.745 e. The first-order chi connectivity index (χ1) is 16.7. The second-order valence-electron chi connectivity index (χ2n) is 7.01. The number of hydrogen-bond donors (Lipinski definition) is 10. The number of carbonyl (C=O) groups is 1. The Morgan fingerprint density at radius 1 is 1.17 bits per heavy atom. The number of nitrogens with one attached hydrogen (secondary N) is 1. The van der Waals surface area contributed by atoms with Gasteiger partial charge in [-0.1, -0.05) is 0 Å². The highest BCUT2D eigenvalue weighted by molar-refractivity contribution is 7.46. The van der Waals surface area contributed by atoms with Gasteiger partial charge in [0.25, 0.3) is 5.56 Å². The van der Waals surface area contributed by atoms with Crippen molar-refractivity contribution in [2.75, 3.05) is 13.2 Å². The van der Waals surface area contributed by atoms with E-state index >= 15 is 0 Å². The Hall–Kier alpha value is -1.89. The SMILES string of the molecule is Cc1cn([C@H]2C[C@H](O)[C@@H](CO)O2)c(=O)[nH]c1=O.O=CC(O)C(O)C(O)C(O)CO.O=[P+](O)O[P+](=O)O. The first-order valence-corrected chi connectivity index (χ1v) is 12.0. The lowest BCUT2D eigenvalue weighted by Gasteiger charge is -2.22. The van der Waals surface area contributed by atoms with E-state index in [-0.39, 0.29) is 19.3 Å². The molecule has 0 saturated carbocycles. The second-order valence-corrected chi connectivity index (χ2v) is 8.61. The van der Waals surface area contributed by atoms with E-state index in [1.165, 1.54) is 10.8 Å². The minimum absolute atomic E-state index is 0.0258. The van der Waals surface area contributed by atoms with E-state index in [2.05, 4.69) is 9.29 Å². The summed E-state index contributed by atoms with van der Waals surface area (Å²) in [7, 11) is -5.85. The lowest BCUT2D eigenvalue weighted by Crippen LogP contribution is -2.46. The summed E-state index contributed by atoms with van der Waals surface area (Å²) in [5.41, 5.74) is -0.643. The minimum Gasteiger partial charge on any atom is -0.394 e. The van der Waals surface area contributed by atoms with Crippen molar-refractivity contribution in [2.45, 2.75) is 56.2 Å². The summed E-state index contributed by atoms with van der Waals surface area (Å²) in [6.07, 6.45) is -7.42. The molecule has 0 radical (unpaired) electrons. The normalized spacial score (nSPS) is 23.1. The number of carbonyl (C=O) groups excluding carboxylic acids is 1. The van der Waals surface area contributed by atoms with Gasteiger partial charge in [0, 0.05) is 27.3 Å². The van der Waals surface area contributed by atoms with Crippen LogP contribution < -0.4 is 11.2 Å². The third-order valence-corrected chi connectivity index (χ3v) is 5.52. The van der Waals surface area contributed by atoms with Gasteiger partial charge < -0.3 is 45.3 Å². The van der Waals surface area contributed by atoms with E-state index in [0.717, 1.165) is 0 Å². The maximum atomic E-state index is 11.6. The Morgan fingerprint density at radius 2 is 1.72 bits per heavy atom. The van der Waals surface area contributed by atoms with Gasteiger partial charge in [-0.05, 0) is 6.92 Å². The molecule has 0 spiro atoms. The van der Waals surface area contributed by atoms with Crippen molar-refractivity contribution >= 4 is 22.8 Å². The van der Waals surface area contributed by atoms with Crippen molar-refractivity contribution in [1.82, 2.24) is 9.55 Å². The first kappa shape index (κ1) is 34.1. The number of aldehydes is 1. The number of ether oxygens (including phenoxy) is 1. The molecule has 6 unspecified atom stereocenters. The van der Waals surface area contributed by atoms with Gasteiger partial charge in [-0.25, -0.2) is 4.79 Å². The first-order valence-electron chi connectivity index (χ1n) is 9.75. The van der Waals surface area contributed by atoms with Crippen molar-refractivity contribution in [3.8, 4) is 0 Å². The monoisotopic (exact) mass is 566 g/mol. The molecule has 9 atom stereocenters. The number of rotatable bonds is 9. The Labute approximate surface area is 203 Å². The Morgan fingerprint density at radius 3 is 2.11 bits per heavy atom. The van der Waals surface area contributed by atoms with Crippen LogP contribution in [0.3, 0.4) is 0 Å². The van der Waals surface area contributed by atoms with Crippen molar-refractivity contribution in [3.63, 3.8) is 0 Å². The van der Waals surface area contributed by atoms with Gasteiger partial charge in [0.2, 0.25) is 0 Å². The zero-order chi connectivity index (χ0) is 28.2. The summed E-state index contributed by atoms with van der Waals surface area (Å²) in [6.45, 7) is 0.502. The zero-order valence-electron chi connectivity index (χ0n) is 18.5. The molecule has 206 valence electrons. The molecule has 1 saturated heterocycles. The van der Waals surface area contributed by atoms with Crippen molar-refractivity contribution in [3.05, 3.63) is 32.6 Å². The van der Waals surface area contributed by atoms with Gasteiger partial charge in [-0.15, -0.1) is 9.79 Å². The number of H-pyrrole nitrogens is 1. The smallest absolute Gasteiger partial charge is 0.394 e. The number of aromatic amines is 1. The van der Waals surface area contributed by atoms with E-state index in [1.54, 1.807) is 6.92 Å². The quantitative estimate of drug-likeness (QED) is 0.0993. The fourth-order valence-corrected chi connectivity index (χ4v) is 3.01. The van der Waals surface area contributed by atoms with Gasteiger partial charge in [0.05, 0.1) is 19.3 Å². The number of aryl methyl sites for hydroxylation is 1. The predicted octanol–water partition coefficient (Wildman–Crippen LogP) is -4.59. The zero-order valence-corrected chi connectivity index (χ0v) is 20.3. The topological polar surface area (TPSA) is 307 Å². The Bertz CT molecular complexity index is 958. The van der Waals surface area contributed by atoms with Crippen molar-refractivity contribution in [1.29, 1.82) is 0 Å². The minimum atomic E-state index is -2.92. The van der Waals surface area contributed by atoms with E-state index < -0.39 is 77.2 Å². The van der Waals surface area contributed by atoms with Crippen LogP contribution in [0.5, 0.6) is 0 Å². The number of aromatic nitrogens is 2. The van der Waals surface area contributed by atoms with Crippen molar-refractivity contribution < 1.29 is 68.5 Å². The van der Waals surface area contributed by atoms with E-state index in [1.807, 2.05) is 0 Å². The average molecular weight is 566 g/mol. The Balaban J connectivity index is 0.000000564. The van der Waals surface area contributed by atoms with Crippen LogP contribution in [0.4, 0.5) is 0 Å². The van der Waals surface area contributed by atoms with Crippen LogP contribution in [-0.2, 0) is 23.0 Å². The number of nitrogens with zero attached hydrogens (tertiary/aromatic N) is 1. The molecule has 1 aliphatic rings. The van der Waals surface area contributed by atoms with Gasteiger partial charge in [0.1, 0.15) is 36.7 Å². The van der Waals surface area contributed by atoms with Crippen LogP contribution in [0.1, 0.15) is 18.2 Å². The predicted molar refractivity (Wildman–Crippen MR) is 116 cm³/mol. The molecule has 0 aliphatic carbocycles. The van der Waals surface area contributed by atoms with Crippen molar-refractivity contribution in [2.24, 2.45) is 0 Å². The summed E-state index contributed by atoms with van der Waals surface area (Å²) in [6, 6.07) is 0. The molecule has 0 aromatic carbocycles. The van der Waals surface area contributed by atoms with Gasteiger partial charge in [-0.3, -0.25) is 14.3 Å². The van der Waals surface area contributed by atoms with Gasteiger partial charge >= 0.3 is 22.2 Å². The molecule has 36 heavy (non-hydrogen) atoms. The lowest BCUT2D eigenvalue weighted by molar-refractivity contribution is -0.136. The third kappa shape index (κ3) is 11.4. The van der Waals surface area contributed by atoms with Gasteiger partial charge in [-0.2, -0.15) is 0 Å². The summed E-state index contributed by atoms with van der Waals surface area (Å²) in [5, 5.41) is 62.0. The summed E-state index contributed by atoms with van der Waals surface area (Å²) >= 11 is 0. The van der Waals surface area contributed by atoms with Crippen LogP contribution in [0.2, 0.25) is 0 Å². The van der Waals surface area contributed by atoms with Crippen LogP contribution >= 0.6 is 16.5 Å². The van der Waals surface area contributed by atoms with E-state index in [0.29, 0.717) is 5.56 Å². The average Bonchev–Trinajstić information content (AvgIpc) is 3.19. The largest absolute Gasteiger partial charge is 0.745 e. The standard InChI is InChI=1S/C10H14N2O5.C6H12O6.O5P2/c1-5-3-12(10(16)11-9(5)15)8-2-6(14)7(4-13)17-8;7-1-3(9)5(11)6(12)4(10)2-8;1-6(2)5-7(3)4/h3,6-8,13-14H,2,4H2,1H3,(H,11,15,16);1,3-6,8-12H,2H2;/p+2/t6-,7+,8+;;/m0../s1. The highest BCUT2D eigenvalue weighted by atomic mass is 31.2. The molecule has 1 aromatic rings. The van der Waals surface area contributed by atoms with Crippen LogP contribution in [-0.4, -0.2) is 111 Å². The number of aliphatic hydroxyl groups excluding tert-OH is 7. The maximum absolute atomic E-state index is 11.6. The van der Waals surface area contributed by atoms with E-state index in [9.17, 15) is 28.6 Å². The highest BCUT2D eigenvalue weighted by Gasteiger charge is 2.35. The van der Waals surface area contributed by atoms with E-state index in [4.69, 9.17) is 45.2 Å². The van der Waals surface area contributed by atoms with Crippen LogP contribution in [0.25, 0.3) is 0 Å². The molecule has 1 aliphatic heterocycles. The molecular weight excluding hydrogens is 538 g/mol. The summed E-state index contributed by atoms with van der Waals surface area (Å²) in [5.74, 6) is 0. The highest BCUT2D eigenvalue weighted by Crippen LogP contribution is 2.30. The van der Waals surface area contributed by atoms with Gasteiger partial charge in [0.15, 0.2) is 10.6 Å². The number of hydrogen-bond acceptors (Lipinski definition) is 14. The van der Waals surface area contributed by atoms with Crippen LogP contribution in [0.15, 0.2) is 15.8 Å². The summed E-state index contributed by atoms with van der Waals surface area (Å²) in [4.78, 5) is 50.1. The fourth-order valence-electron chi connectivity index (χ4n) is 2.53. The molecular formula is C16H28N2O16P2+2. The molecule has 0 amide bonds. The second kappa shape index (κ2) is 16.8. The third-order valence-electron chi connectivity index (χ3n) is 4.40. The fraction of sp³-hybridized carbons (Fsp3) is 0.688. The molecule has 0 bridgehead atoms.